The van der Waals surface area contributed by atoms with Crippen molar-refractivity contribution < 1.29 is 28.9 Å². The highest BCUT2D eigenvalue weighted by Gasteiger charge is 2.33. The molecule has 3 aromatic rings. The number of carboxylic acids is 1. The van der Waals surface area contributed by atoms with E-state index in [0.717, 1.165) is 11.3 Å². The Balaban J connectivity index is 1.60. The van der Waals surface area contributed by atoms with Gasteiger partial charge in [0.15, 0.2) is 16.7 Å². The lowest BCUT2D eigenvalue weighted by atomic mass is 10.1. The Hall–Kier alpha value is -3.60. The number of para-hydroxylation sites is 1. The van der Waals surface area contributed by atoms with Gasteiger partial charge in [0.1, 0.15) is 6.61 Å². The fraction of sp³-hybridized carbons (Fsp3) is 0.233. The lowest BCUT2D eigenvalue weighted by Crippen LogP contribution is -2.32. The smallest absolute Gasteiger partial charge is 0.335 e. The van der Waals surface area contributed by atoms with Crippen molar-refractivity contribution in [1.29, 1.82) is 0 Å². The van der Waals surface area contributed by atoms with Crippen LogP contribution in [0.4, 0.5) is 5.69 Å². The minimum Gasteiger partial charge on any atom is -0.490 e. The summed E-state index contributed by atoms with van der Waals surface area (Å²) in [5, 5.41) is 9.86. The van der Waals surface area contributed by atoms with Crippen molar-refractivity contribution in [2.75, 3.05) is 26.4 Å². The topological polar surface area (TPSA) is 97.7 Å². The zero-order valence-corrected chi connectivity index (χ0v) is 24.5. The number of halogens is 1. The SMILES string of the molecule is CCOCCN1C(=O)/C(=C/c2cc(Br)c(OCc3cccc(C(=O)O)c3)c(OCC)c2)SC1=Nc1ccccc1. The third kappa shape index (κ3) is 7.53. The lowest BCUT2D eigenvalue weighted by Gasteiger charge is -2.15. The normalized spacial score (nSPS) is 15.2. The molecule has 208 valence electrons. The standard InChI is InChI=1S/C30H29BrN2O6S/c1-3-37-14-13-33-28(34)26(40-30(33)32-23-11-6-5-7-12-23)18-21-16-24(31)27(25(17-21)38-4-2)39-19-20-9-8-10-22(15-20)29(35)36/h5-12,15-18H,3-4,13-14,19H2,1-2H3,(H,35,36)/b26-18-,32-30?. The summed E-state index contributed by atoms with van der Waals surface area (Å²) in [6, 6.07) is 19.8. The zero-order valence-electron chi connectivity index (χ0n) is 22.1. The molecule has 0 radical (unpaired) electrons. The zero-order chi connectivity index (χ0) is 28.5. The number of carboxylic acid groups (broad SMARTS) is 1. The molecular weight excluding hydrogens is 596 g/mol. The Bertz CT molecular complexity index is 1430. The molecule has 0 saturated carbocycles. The average molecular weight is 626 g/mol. The van der Waals surface area contributed by atoms with Gasteiger partial charge < -0.3 is 19.3 Å². The molecule has 1 aliphatic heterocycles. The molecule has 1 fully saturated rings. The predicted octanol–water partition coefficient (Wildman–Crippen LogP) is 6.77. The van der Waals surface area contributed by atoms with Gasteiger partial charge in [-0.05, 0) is 95.1 Å². The van der Waals surface area contributed by atoms with Crippen LogP contribution in [0.1, 0.15) is 35.3 Å². The number of nitrogens with zero attached hydrogens (tertiary/aromatic N) is 2. The van der Waals surface area contributed by atoms with E-state index in [0.29, 0.717) is 58.0 Å². The first-order valence-corrected chi connectivity index (χ1v) is 14.3. The van der Waals surface area contributed by atoms with E-state index in [1.54, 1.807) is 23.1 Å². The van der Waals surface area contributed by atoms with Crippen LogP contribution in [0.3, 0.4) is 0 Å². The summed E-state index contributed by atoms with van der Waals surface area (Å²) in [6.45, 7) is 5.72. The van der Waals surface area contributed by atoms with Crippen LogP contribution in [0.25, 0.3) is 6.08 Å². The van der Waals surface area contributed by atoms with E-state index in [4.69, 9.17) is 19.2 Å². The Kier molecular flexibility index (Phi) is 10.4. The van der Waals surface area contributed by atoms with Crippen LogP contribution in [0.15, 0.2) is 81.1 Å². The molecule has 3 aromatic carbocycles. The third-order valence-electron chi connectivity index (χ3n) is 5.72. The maximum Gasteiger partial charge on any atom is 0.335 e. The van der Waals surface area contributed by atoms with Crippen molar-refractivity contribution in [3.63, 3.8) is 0 Å². The fourth-order valence-corrected chi connectivity index (χ4v) is 5.48. The molecule has 0 aliphatic carbocycles. The molecule has 4 rings (SSSR count). The summed E-state index contributed by atoms with van der Waals surface area (Å²) in [6.07, 6.45) is 1.81. The highest BCUT2D eigenvalue weighted by molar-refractivity contribution is 9.10. The van der Waals surface area contributed by atoms with Crippen molar-refractivity contribution in [2.45, 2.75) is 20.5 Å². The van der Waals surface area contributed by atoms with Gasteiger partial charge in [0, 0.05) is 6.61 Å². The quantitative estimate of drug-likeness (QED) is 0.175. The van der Waals surface area contributed by atoms with E-state index in [1.165, 1.54) is 17.8 Å². The second kappa shape index (κ2) is 14.2. The van der Waals surface area contributed by atoms with E-state index < -0.39 is 5.97 Å². The summed E-state index contributed by atoms with van der Waals surface area (Å²) in [5.74, 6) is -0.157. The van der Waals surface area contributed by atoms with Gasteiger partial charge >= 0.3 is 5.97 Å². The molecule has 1 N–H and O–H groups in total. The van der Waals surface area contributed by atoms with E-state index >= 15 is 0 Å². The number of carbonyl (C=O) groups is 2. The van der Waals surface area contributed by atoms with Crippen molar-refractivity contribution in [2.24, 2.45) is 4.99 Å². The second-order valence-electron chi connectivity index (χ2n) is 8.55. The fourth-order valence-electron chi connectivity index (χ4n) is 3.88. The van der Waals surface area contributed by atoms with Crippen molar-refractivity contribution >= 4 is 56.5 Å². The molecule has 0 bridgehead atoms. The Labute approximate surface area is 245 Å². The highest BCUT2D eigenvalue weighted by atomic mass is 79.9. The number of amidine groups is 1. The van der Waals surface area contributed by atoms with Crippen LogP contribution >= 0.6 is 27.7 Å². The summed E-state index contributed by atoms with van der Waals surface area (Å²) >= 11 is 4.89. The Morgan fingerprint density at radius 1 is 1.05 bits per heavy atom. The van der Waals surface area contributed by atoms with Gasteiger partial charge in [-0.1, -0.05) is 30.3 Å². The van der Waals surface area contributed by atoms with Crippen LogP contribution in [0.5, 0.6) is 11.5 Å². The molecule has 1 amide bonds. The summed E-state index contributed by atoms with van der Waals surface area (Å²) < 4.78 is 18.0. The van der Waals surface area contributed by atoms with Gasteiger partial charge in [0.05, 0.1) is 40.4 Å². The molecule has 1 aliphatic rings. The molecule has 10 heteroatoms. The summed E-state index contributed by atoms with van der Waals surface area (Å²) in [7, 11) is 0. The minimum atomic E-state index is -0.997. The molecule has 0 atom stereocenters. The number of thioether (sulfide) groups is 1. The van der Waals surface area contributed by atoms with E-state index in [1.807, 2.05) is 62.4 Å². The number of amides is 1. The number of hydrogen-bond acceptors (Lipinski definition) is 7. The van der Waals surface area contributed by atoms with Crippen LogP contribution in [0, 0.1) is 0 Å². The monoisotopic (exact) mass is 624 g/mol. The molecule has 40 heavy (non-hydrogen) atoms. The van der Waals surface area contributed by atoms with E-state index in [9.17, 15) is 14.7 Å². The minimum absolute atomic E-state index is 0.146. The maximum absolute atomic E-state index is 13.4. The summed E-state index contributed by atoms with van der Waals surface area (Å²) in [5.41, 5.74) is 2.41. The Morgan fingerprint density at radius 2 is 1.85 bits per heavy atom. The average Bonchev–Trinajstić information content (AvgIpc) is 3.22. The van der Waals surface area contributed by atoms with Gasteiger partial charge in [0.2, 0.25) is 0 Å². The highest BCUT2D eigenvalue weighted by Crippen LogP contribution is 2.40. The number of aliphatic imine (C=N–C) groups is 1. The van der Waals surface area contributed by atoms with Gasteiger partial charge in [-0.3, -0.25) is 9.69 Å². The van der Waals surface area contributed by atoms with Crippen molar-refractivity contribution in [3.8, 4) is 11.5 Å². The largest absolute Gasteiger partial charge is 0.490 e. The van der Waals surface area contributed by atoms with Crippen LogP contribution in [-0.2, 0) is 16.1 Å². The van der Waals surface area contributed by atoms with E-state index in [-0.39, 0.29) is 18.1 Å². The predicted molar refractivity (Wildman–Crippen MR) is 160 cm³/mol. The first kappa shape index (κ1) is 29.4. The number of carbonyl (C=O) groups excluding carboxylic acids is 1. The number of benzene rings is 3. The Morgan fingerprint density at radius 3 is 2.58 bits per heavy atom. The first-order chi connectivity index (χ1) is 19.4. The number of aromatic carboxylic acids is 1. The van der Waals surface area contributed by atoms with E-state index in [2.05, 4.69) is 15.9 Å². The molecule has 0 unspecified atom stereocenters. The maximum atomic E-state index is 13.4. The third-order valence-corrected chi connectivity index (χ3v) is 7.31. The number of ether oxygens (including phenoxy) is 3. The number of hydrogen-bond donors (Lipinski definition) is 1. The van der Waals surface area contributed by atoms with Crippen LogP contribution in [0.2, 0.25) is 0 Å². The van der Waals surface area contributed by atoms with Gasteiger partial charge in [0.25, 0.3) is 5.91 Å². The molecule has 0 spiro atoms. The van der Waals surface area contributed by atoms with Gasteiger partial charge in [-0.2, -0.15) is 0 Å². The second-order valence-corrected chi connectivity index (χ2v) is 10.4. The van der Waals surface area contributed by atoms with Gasteiger partial charge in [-0.15, -0.1) is 0 Å². The van der Waals surface area contributed by atoms with Crippen molar-refractivity contribution in [3.05, 3.63) is 92.8 Å². The van der Waals surface area contributed by atoms with Crippen LogP contribution in [-0.4, -0.2) is 53.4 Å². The lowest BCUT2D eigenvalue weighted by molar-refractivity contribution is -0.122. The number of rotatable bonds is 12. The molecule has 0 aromatic heterocycles. The molecule has 1 saturated heterocycles. The molecular formula is C30H29BrN2O6S. The van der Waals surface area contributed by atoms with Crippen LogP contribution < -0.4 is 9.47 Å². The first-order valence-electron chi connectivity index (χ1n) is 12.7. The summed E-state index contributed by atoms with van der Waals surface area (Å²) in [4.78, 5) is 31.6. The molecule has 8 nitrogen and oxygen atoms in total. The van der Waals surface area contributed by atoms with Crippen molar-refractivity contribution in [1.82, 2.24) is 4.90 Å². The van der Waals surface area contributed by atoms with Gasteiger partial charge in [-0.25, -0.2) is 9.79 Å². The molecule has 1 heterocycles.